The second kappa shape index (κ2) is 6.45. The van der Waals surface area contributed by atoms with Gasteiger partial charge in [0.05, 0.1) is 30.9 Å². The maximum absolute atomic E-state index is 12.3. The van der Waals surface area contributed by atoms with Crippen molar-refractivity contribution in [2.24, 2.45) is 0 Å². The van der Waals surface area contributed by atoms with E-state index in [0.717, 1.165) is 10.0 Å². The van der Waals surface area contributed by atoms with Crippen LogP contribution in [0, 0.1) is 0 Å². The van der Waals surface area contributed by atoms with Crippen molar-refractivity contribution in [3.8, 4) is 17.4 Å². The topological polar surface area (TPSA) is 60.9 Å². The molecule has 1 aliphatic rings. The lowest BCUT2D eigenvalue weighted by molar-refractivity contribution is -0.121. The molecule has 1 aromatic heterocycles. The summed E-state index contributed by atoms with van der Waals surface area (Å²) in [6, 6.07) is 7.24. The third-order valence-electron chi connectivity index (χ3n) is 3.52. The van der Waals surface area contributed by atoms with Crippen molar-refractivity contribution in [2.75, 3.05) is 25.7 Å². The van der Waals surface area contributed by atoms with Gasteiger partial charge in [0.15, 0.2) is 6.61 Å². The highest BCUT2D eigenvalue weighted by atomic mass is 79.9. The summed E-state index contributed by atoms with van der Waals surface area (Å²) in [4.78, 5) is 18.1. The molecule has 2 heterocycles. The Kier molecular flexibility index (Phi) is 4.38. The molecule has 120 valence electrons. The lowest BCUT2D eigenvalue weighted by Crippen LogP contribution is -2.38. The summed E-state index contributed by atoms with van der Waals surface area (Å²) in [5, 5.41) is 0. The molecule has 0 spiro atoms. The van der Waals surface area contributed by atoms with Crippen LogP contribution in [0.1, 0.15) is 5.56 Å². The van der Waals surface area contributed by atoms with E-state index in [4.69, 9.17) is 14.2 Å². The van der Waals surface area contributed by atoms with Gasteiger partial charge in [-0.25, -0.2) is 4.98 Å². The molecule has 23 heavy (non-hydrogen) atoms. The number of halogens is 1. The minimum absolute atomic E-state index is 0.00928. The first-order valence-corrected chi connectivity index (χ1v) is 7.71. The summed E-state index contributed by atoms with van der Waals surface area (Å²) in [7, 11) is 3.14. The number of benzene rings is 1. The molecule has 1 amide bonds. The third-order valence-corrected chi connectivity index (χ3v) is 4.14. The van der Waals surface area contributed by atoms with Gasteiger partial charge in [0.25, 0.3) is 5.91 Å². The number of pyridine rings is 1. The Morgan fingerprint density at radius 3 is 2.78 bits per heavy atom. The van der Waals surface area contributed by atoms with Gasteiger partial charge in [-0.15, -0.1) is 0 Å². The molecule has 1 aromatic carbocycles. The minimum atomic E-state index is -0.113. The molecule has 0 bridgehead atoms. The SMILES string of the molecule is COc1ccc(CN2C(=O)COc3cc(Br)c(OC)cc32)cn1. The second-order valence-electron chi connectivity index (χ2n) is 4.93. The van der Waals surface area contributed by atoms with Crippen molar-refractivity contribution >= 4 is 27.5 Å². The highest BCUT2D eigenvalue weighted by Crippen LogP contribution is 2.40. The Labute approximate surface area is 142 Å². The number of methoxy groups -OCH3 is 2. The summed E-state index contributed by atoms with van der Waals surface area (Å²) in [5.41, 5.74) is 1.58. The number of hydrogen-bond donors (Lipinski definition) is 0. The van der Waals surface area contributed by atoms with Crippen LogP contribution in [0.25, 0.3) is 0 Å². The van der Waals surface area contributed by atoms with Crippen LogP contribution in [0.4, 0.5) is 5.69 Å². The quantitative estimate of drug-likeness (QED) is 0.818. The summed E-state index contributed by atoms with van der Waals surface area (Å²) < 4.78 is 16.6. The molecule has 0 atom stereocenters. The number of carbonyl (C=O) groups is 1. The number of hydrogen-bond acceptors (Lipinski definition) is 5. The van der Waals surface area contributed by atoms with E-state index in [2.05, 4.69) is 20.9 Å². The molecule has 0 N–H and O–H groups in total. The van der Waals surface area contributed by atoms with E-state index in [9.17, 15) is 4.79 Å². The third kappa shape index (κ3) is 3.10. The molecule has 0 saturated carbocycles. The van der Waals surface area contributed by atoms with E-state index in [1.807, 2.05) is 6.07 Å². The van der Waals surface area contributed by atoms with Crippen molar-refractivity contribution in [3.63, 3.8) is 0 Å². The summed E-state index contributed by atoms with van der Waals surface area (Å²) in [5.74, 6) is 1.70. The Morgan fingerprint density at radius 1 is 1.30 bits per heavy atom. The molecule has 0 unspecified atom stereocenters. The highest BCUT2D eigenvalue weighted by molar-refractivity contribution is 9.10. The van der Waals surface area contributed by atoms with Crippen LogP contribution in [-0.4, -0.2) is 31.7 Å². The van der Waals surface area contributed by atoms with Gasteiger partial charge in [0.2, 0.25) is 5.88 Å². The van der Waals surface area contributed by atoms with Crippen LogP contribution in [-0.2, 0) is 11.3 Å². The average molecular weight is 379 g/mol. The predicted molar refractivity (Wildman–Crippen MR) is 88.2 cm³/mol. The van der Waals surface area contributed by atoms with E-state index in [1.165, 1.54) is 0 Å². The van der Waals surface area contributed by atoms with E-state index in [0.29, 0.717) is 29.6 Å². The zero-order valence-corrected chi connectivity index (χ0v) is 14.3. The molecule has 0 saturated heterocycles. The zero-order chi connectivity index (χ0) is 16.4. The Balaban J connectivity index is 1.94. The standard InChI is InChI=1S/C16H15BrN2O4/c1-21-13-6-12-14(5-11(13)17)23-9-16(20)19(12)8-10-3-4-15(22-2)18-7-10/h3-7H,8-9H2,1-2H3. The second-order valence-corrected chi connectivity index (χ2v) is 5.79. The van der Waals surface area contributed by atoms with Crippen molar-refractivity contribution < 1.29 is 19.0 Å². The summed E-state index contributed by atoms with van der Waals surface area (Å²) in [6.07, 6.45) is 1.69. The number of amides is 1. The molecule has 0 radical (unpaired) electrons. The number of aromatic nitrogens is 1. The van der Waals surface area contributed by atoms with Crippen molar-refractivity contribution in [2.45, 2.75) is 6.54 Å². The first-order chi connectivity index (χ1) is 11.1. The van der Waals surface area contributed by atoms with Crippen LogP contribution in [0.5, 0.6) is 17.4 Å². The fourth-order valence-electron chi connectivity index (χ4n) is 2.34. The first-order valence-electron chi connectivity index (χ1n) is 6.92. The molecular weight excluding hydrogens is 364 g/mol. The van der Waals surface area contributed by atoms with Gasteiger partial charge in [0, 0.05) is 24.4 Å². The number of carbonyl (C=O) groups excluding carboxylic acids is 1. The largest absolute Gasteiger partial charge is 0.495 e. The molecule has 0 aliphatic carbocycles. The molecule has 2 aromatic rings. The van der Waals surface area contributed by atoms with Crippen molar-refractivity contribution in [1.82, 2.24) is 4.98 Å². The molecular formula is C16H15BrN2O4. The van der Waals surface area contributed by atoms with Crippen molar-refractivity contribution in [3.05, 3.63) is 40.5 Å². The van der Waals surface area contributed by atoms with Gasteiger partial charge in [-0.2, -0.15) is 0 Å². The monoisotopic (exact) mass is 378 g/mol. The van der Waals surface area contributed by atoms with Gasteiger partial charge >= 0.3 is 0 Å². The normalized spacial score (nSPS) is 13.3. The maximum Gasteiger partial charge on any atom is 0.265 e. The Hall–Kier alpha value is -2.28. The molecule has 1 aliphatic heterocycles. The fourth-order valence-corrected chi connectivity index (χ4v) is 2.82. The lowest BCUT2D eigenvalue weighted by Gasteiger charge is -2.30. The lowest BCUT2D eigenvalue weighted by atomic mass is 10.2. The number of rotatable bonds is 4. The first kappa shape index (κ1) is 15.6. The zero-order valence-electron chi connectivity index (χ0n) is 12.7. The Morgan fingerprint density at radius 2 is 2.13 bits per heavy atom. The van der Waals surface area contributed by atoms with Gasteiger partial charge in [-0.3, -0.25) is 4.79 Å². The van der Waals surface area contributed by atoms with Crippen LogP contribution >= 0.6 is 15.9 Å². The van der Waals surface area contributed by atoms with Gasteiger partial charge in [-0.1, -0.05) is 6.07 Å². The number of anilines is 1. The minimum Gasteiger partial charge on any atom is -0.495 e. The van der Waals surface area contributed by atoms with Gasteiger partial charge in [0.1, 0.15) is 11.5 Å². The van der Waals surface area contributed by atoms with Gasteiger partial charge in [-0.05, 0) is 21.5 Å². The Bertz CT molecular complexity index is 734. The maximum atomic E-state index is 12.3. The van der Waals surface area contributed by atoms with E-state index in [1.54, 1.807) is 43.5 Å². The highest BCUT2D eigenvalue weighted by Gasteiger charge is 2.27. The summed E-state index contributed by atoms with van der Waals surface area (Å²) in [6.45, 7) is 0.409. The van der Waals surface area contributed by atoms with Crippen LogP contribution < -0.4 is 19.1 Å². The molecule has 0 fully saturated rings. The van der Waals surface area contributed by atoms with Crippen LogP contribution in [0.2, 0.25) is 0 Å². The van der Waals surface area contributed by atoms with Crippen molar-refractivity contribution in [1.29, 1.82) is 0 Å². The van der Waals surface area contributed by atoms with Gasteiger partial charge < -0.3 is 19.1 Å². The van der Waals surface area contributed by atoms with E-state index < -0.39 is 0 Å². The van der Waals surface area contributed by atoms with Crippen LogP contribution in [0.15, 0.2) is 34.9 Å². The fraction of sp³-hybridized carbons (Fsp3) is 0.250. The number of fused-ring (bicyclic) bond motifs is 1. The predicted octanol–water partition coefficient (Wildman–Crippen LogP) is 2.79. The molecule has 3 rings (SSSR count). The molecule has 7 heteroatoms. The average Bonchev–Trinajstić information content (AvgIpc) is 2.57. The smallest absolute Gasteiger partial charge is 0.265 e. The number of ether oxygens (including phenoxy) is 3. The molecule has 6 nitrogen and oxygen atoms in total. The van der Waals surface area contributed by atoms with E-state index in [-0.39, 0.29) is 12.5 Å². The summed E-state index contributed by atoms with van der Waals surface area (Å²) >= 11 is 3.42. The van der Waals surface area contributed by atoms with E-state index >= 15 is 0 Å². The number of nitrogens with zero attached hydrogens (tertiary/aromatic N) is 2. The van der Waals surface area contributed by atoms with Crippen LogP contribution in [0.3, 0.4) is 0 Å².